The van der Waals surface area contributed by atoms with E-state index in [0.29, 0.717) is 17.9 Å². The van der Waals surface area contributed by atoms with Gasteiger partial charge in [0.25, 0.3) is 0 Å². The Morgan fingerprint density at radius 3 is 2.68 bits per heavy atom. The fourth-order valence-corrected chi connectivity index (χ4v) is 3.72. The predicted molar refractivity (Wildman–Crippen MR) is 84.4 cm³/mol. The number of hydrogen-bond acceptors (Lipinski definition) is 4. The lowest BCUT2D eigenvalue weighted by Crippen LogP contribution is -2.48. The highest BCUT2D eigenvalue weighted by Crippen LogP contribution is 2.27. The van der Waals surface area contributed by atoms with Crippen molar-refractivity contribution in [1.82, 2.24) is 25.0 Å². The molecule has 6 nitrogen and oxygen atoms in total. The van der Waals surface area contributed by atoms with Gasteiger partial charge in [-0.05, 0) is 46.1 Å². The normalized spacial score (nSPS) is 24.9. The van der Waals surface area contributed by atoms with E-state index in [1.54, 1.807) is 6.33 Å². The molecule has 2 aliphatic rings. The van der Waals surface area contributed by atoms with Crippen LogP contribution in [0.15, 0.2) is 6.33 Å². The molecule has 2 saturated heterocycles. The topological polar surface area (TPSA) is 65.1 Å². The molecule has 122 valence electrons. The molecule has 0 radical (unpaired) electrons. The fraction of sp³-hybridized carbons (Fsp3) is 0.812. The summed E-state index contributed by atoms with van der Waals surface area (Å²) in [5, 5.41) is 6.89. The Kier molecular flexibility index (Phi) is 4.76. The first-order chi connectivity index (χ1) is 10.6. The van der Waals surface area contributed by atoms with Gasteiger partial charge in [0.15, 0.2) is 0 Å². The number of piperidine rings is 2. The molecule has 3 heterocycles. The van der Waals surface area contributed by atoms with Crippen LogP contribution in [-0.2, 0) is 4.79 Å². The summed E-state index contributed by atoms with van der Waals surface area (Å²) in [5.41, 5.74) is 0. The monoisotopic (exact) mass is 305 g/mol. The molecule has 1 N–H and O–H groups in total. The van der Waals surface area contributed by atoms with Crippen LogP contribution in [0.5, 0.6) is 0 Å². The van der Waals surface area contributed by atoms with Gasteiger partial charge >= 0.3 is 0 Å². The summed E-state index contributed by atoms with van der Waals surface area (Å²) >= 11 is 0. The van der Waals surface area contributed by atoms with Crippen LogP contribution < -0.4 is 0 Å². The highest BCUT2D eigenvalue weighted by atomic mass is 16.2. The standard InChI is InChI=1S/C16H27N5O/c1-12(2)21-7-3-4-14(10-21)16(22)20-8-5-13(6-9-20)15-17-11-18-19-15/h11-14H,3-10H2,1-2H3,(H,17,18,19). The van der Waals surface area contributed by atoms with E-state index in [-0.39, 0.29) is 5.92 Å². The van der Waals surface area contributed by atoms with Gasteiger partial charge in [-0.2, -0.15) is 5.10 Å². The molecule has 1 amide bonds. The Balaban J connectivity index is 1.53. The second-order valence-electron chi connectivity index (χ2n) is 6.90. The number of aromatic amines is 1. The van der Waals surface area contributed by atoms with Gasteiger partial charge in [-0.15, -0.1) is 0 Å². The van der Waals surface area contributed by atoms with Crippen molar-refractivity contribution in [1.29, 1.82) is 0 Å². The second-order valence-corrected chi connectivity index (χ2v) is 6.90. The average Bonchev–Trinajstić information content (AvgIpc) is 3.09. The number of likely N-dealkylation sites (tertiary alicyclic amines) is 2. The van der Waals surface area contributed by atoms with Crippen LogP contribution in [0.1, 0.15) is 51.3 Å². The van der Waals surface area contributed by atoms with Crippen LogP contribution in [0.3, 0.4) is 0 Å². The van der Waals surface area contributed by atoms with Crippen molar-refractivity contribution in [2.24, 2.45) is 5.92 Å². The van der Waals surface area contributed by atoms with Crippen LogP contribution in [0, 0.1) is 5.92 Å². The maximum atomic E-state index is 12.8. The zero-order valence-corrected chi connectivity index (χ0v) is 13.7. The molecule has 0 aromatic carbocycles. The molecular formula is C16H27N5O. The lowest BCUT2D eigenvalue weighted by atomic mass is 9.92. The van der Waals surface area contributed by atoms with E-state index in [2.05, 4.69) is 38.8 Å². The zero-order chi connectivity index (χ0) is 15.5. The number of nitrogens with one attached hydrogen (secondary N) is 1. The summed E-state index contributed by atoms with van der Waals surface area (Å²) in [6.45, 7) is 8.20. The molecule has 0 saturated carbocycles. The van der Waals surface area contributed by atoms with Crippen molar-refractivity contribution in [3.05, 3.63) is 12.2 Å². The Labute approximate surface area is 132 Å². The molecule has 1 unspecified atom stereocenters. The predicted octanol–water partition coefficient (Wildman–Crippen LogP) is 1.63. The van der Waals surface area contributed by atoms with E-state index < -0.39 is 0 Å². The third-order valence-corrected chi connectivity index (χ3v) is 5.16. The van der Waals surface area contributed by atoms with Gasteiger partial charge in [0.05, 0.1) is 5.92 Å². The minimum atomic E-state index is 0.193. The first-order valence-electron chi connectivity index (χ1n) is 8.53. The van der Waals surface area contributed by atoms with Crippen molar-refractivity contribution < 1.29 is 4.79 Å². The van der Waals surface area contributed by atoms with Crippen molar-refractivity contribution in [3.8, 4) is 0 Å². The Morgan fingerprint density at radius 1 is 1.27 bits per heavy atom. The smallest absolute Gasteiger partial charge is 0.226 e. The number of aromatic nitrogens is 3. The third kappa shape index (κ3) is 3.32. The van der Waals surface area contributed by atoms with E-state index in [0.717, 1.165) is 57.7 Å². The van der Waals surface area contributed by atoms with Gasteiger partial charge in [-0.3, -0.25) is 9.89 Å². The van der Waals surface area contributed by atoms with Gasteiger partial charge in [0.1, 0.15) is 12.2 Å². The average molecular weight is 305 g/mol. The Hall–Kier alpha value is -1.43. The molecule has 0 bridgehead atoms. The zero-order valence-electron chi connectivity index (χ0n) is 13.7. The van der Waals surface area contributed by atoms with Crippen molar-refractivity contribution in [2.45, 2.75) is 51.5 Å². The first-order valence-corrected chi connectivity index (χ1v) is 8.53. The molecule has 1 aromatic heterocycles. The molecule has 6 heteroatoms. The van der Waals surface area contributed by atoms with Crippen molar-refractivity contribution >= 4 is 5.91 Å². The third-order valence-electron chi connectivity index (χ3n) is 5.16. The van der Waals surface area contributed by atoms with E-state index in [4.69, 9.17) is 0 Å². The van der Waals surface area contributed by atoms with Crippen LogP contribution >= 0.6 is 0 Å². The van der Waals surface area contributed by atoms with E-state index in [9.17, 15) is 4.79 Å². The molecule has 2 aliphatic heterocycles. The summed E-state index contributed by atoms with van der Waals surface area (Å²) in [4.78, 5) is 21.5. The van der Waals surface area contributed by atoms with Gasteiger partial charge in [0.2, 0.25) is 5.91 Å². The number of nitrogens with zero attached hydrogens (tertiary/aromatic N) is 4. The van der Waals surface area contributed by atoms with Gasteiger partial charge in [-0.1, -0.05) is 0 Å². The highest BCUT2D eigenvalue weighted by molar-refractivity contribution is 5.79. The van der Waals surface area contributed by atoms with E-state index >= 15 is 0 Å². The highest BCUT2D eigenvalue weighted by Gasteiger charge is 2.32. The molecule has 2 fully saturated rings. The van der Waals surface area contributed by atoms with Crippen molar-refractivity contribution in [3.63, 3.8) is 0 Å². The number of hydrogen-bond donors (Lipinski definition) is 1. The first kappa shape index (κ1) is 15.5. The fourth-order valence-electron chi connectivity index (χ4n) is 3.72. The van der Waals surface area contributed by atoms with Crippen LogP contribution in [0.2, 0.25) is 0 Å². The van der Waals surface area contributed by atoms with Gasteiger partial charge in [0, 0.05) is 31.6 Å². The summed E-state index contributed by atoms with van der Waals surface area (Å²) in [5.74, 6) is 1.94. The van der Waals surface area contributed by atoms with E-state index in [1.807, 2.05) is 0 Å². The largest absolute Gasteiger partial charge is 0.342 e. The molecule has 0 spiro atoms. The lowest BCUT2D eigenvalue weighted by Gasteiger charge is -2.38. The lowest BCUT2D eigenvalue weighted by molar-refractivity contribution is -0.138. The number of carbonyl (C=O) groups is 1. The minimum absolute atomic E-state index is 0.193. The number of carbonyl (C=O) groups excluding carboxylic acids is 1. The van der Waals surface area contributed by atoms with Crippen molar-refractivity contribution in [2.75, 3.05) is 26.2 Å². The van der Waals surface area contributed by atoms with Gasteiger partial charge in [-0.25, -0.2) is 4.98 Å². The van der Waals surface area contributed by atoms with Crippen LogP contribution in [0.25, 0.3) is 0 Å². The molecule has 1 aromatic rings. The number of H-pyrrole nitrogens is 1. The summed E-state index contributed by atoms with van der Waals surface area (Å²) in [6, 6.07) is 0.535. The molecular weight excluding hydrogens is 278 g/mol. The molecule has 3 rings (SSSR count). The minimum Gasteiger partial charge on any atom is -0.342 e. The summed E-state index contributed by atoms with van der Waals surface area (Å²) < 4.78 is 0. The molecule has 0 aliphatic carbocycles. The molecule has 22 heavy (non-hydrogen) atoms. The van der Waals surface area contributed by atoms with Crippen LogP contribution in [-0.4, -0.2) is 63.1 Å². The van der Waals surface area contributed by atoms with Gasteiger partial charge < -0.3 is 9.80 Å². The maximum absolute atomic E-state index is 12.8. The SMILES string of the molecule is CC(C)N1CCCC(C(=O)N2CCC(c3ncn[nH]3)CC2)C1. The Bertz CT molecular complexity index is 479. The number of rotatable bonds is 3. The number of amides is 1. The summed E-state index contributed by atoms with van der Waals surface area (Å²) in [6.07, 6.45) is 5.73. The van der Waals surface area contributed by atoms with Crippen LogP contribution in [0.4, 0.5) is 0 Å². The van der Waals surface area contributed by atoms with E-state index in [1.165, 1.54) is 0 Å². The quantitative estimate of drug-likeness (QED) is 0.922. The molecule has 1 atom stereocenters. The maximum Gasteiger partial charge on any atom is 0.226 e. The second kappa shape index (κ2) is 6.77. The Morgan fingerprint density at radius 2 is 2.05 bits per heavy atom. The summed E-state index contributed by atoms with van der Waals surface area (Å²) in [7, 11) is 0.